The quantitative estimate of drug-likeness (QED) is 0.783. The van der Waals surface area contributed by atoms with E-state index in [2.05, 4.69) is 21.0 Å². The van der Waals surface area contributed by atoms with Crippen LogP contribution in [0.25, 0.3) is 0 Å². The highest BCUT2D eigenvalue weighted by Crippen LogP contribution is 2.23. The molecule has 6 nitrogen and oxygen atoms in total. The van der Waals surface area contributed by atoms with E-state index in [1.807, 2.05) is 17.9 Å². The van der Waals surface area contributed by atoms with E-state index in [1.54, 1.807) is 7.11 Å². The number of fused-ring (bicyclic) bond motifs is 1. The number of hydrogen-bond acceptors (Lipinski definition) is 5. The van der Waals surface area contributed by atoms with Crippen LogP contribution in [-0.2, 0) is 23.1 Å². The van der Waals surface area contributed by atoms with Gasteiger partial charge in [-0.2, -0.15) is 5.10 Å². The van der Waals surface area contributed by atoms with Crippen LogP contribution < -0.4 is 0 Å². The zero-order chi connectivity index (χ0) is 14.7. The molecule has 21 heavy (non-hydrogen) atoms. The first kappa shape index (κ1) is 15.0. The summed E-state index contributed by atoms with van der Waals surface area (Å²) in [6.07, 6.45) is 3.38. The predicted molar refractivity (Wildman–Crippen MR) is 80.1 cm³/mol. The topological polar surface area (TPSA) is 42.8 Å². The van der Waals surface area contributed by atoms with E-state index >= 15 is 0 Å². The summed E-state index contributed by atoms with van der Waals surface area (Å²) in [5.74, 6) is 0. The van der Waals surface area contributed by atoms with Gasteiger partial charge in [0.15, 0.2) is 0 Å². The lowest BCUT2D eigenvalue weighted by Gasteiger charge is -2.47. The van der Waals surface area contributed by atoms with Crippen LogP contribution >= 0.6 is 0 Å². The number of aromatic nitrogens is 2. The summed E-state index contributed by atoms with van der Waals surface area (Å²) in [4.78, 5) is 5.06. The molecule has 0 spiro atoms. The number of methoxy groups -OCH3 is 1. The molecule has 0 bridgehead atoms. The highest BCUT2D eigenvalue weighted by molar-refractivity contribution is 5.01. The van der Waals surface area contributed by atoms with Crippen molar-refractivity contribution in [3.63, 3.8) is 0 Å². The minimum absolute atomic E-state index is 0.387. The molecular weight excluding hydrogens is 268 g/mol. The fourth-order valence-corrected chi connectivity index (χ4v) is 3.42. The van der Waals surface area contributed by atoms with Crippen LogP contribution in [0.1, 0.15) is 12.1 Å². The molecule has 3 rings (SSSR count). The molecule has 3 heterocycles. The SMILES string of the molecule is COCCN1CCO[C@H]2CCN(Cc3ccnn3C)C[C@@H]21. The number of hydrogen-bond donors (Lipinski definition) is 0. The third kappa shape index (κ3) is 3.45. The van der Waals surface area contributed by atoms with Gasteiger partial charge in [-0.05, 0) is 12.5 Å². The van der Waals surface area contributed by atoms with Gasteiger partial charge in [-0.15, -0.1) is 0 Å². The Morgan fingerprint density at radius 3 is 3.10 bits per heavy atom. The fourth-order valence-electron chi connectivity index (χ4n) is 3.42. The minimum atomic E-state index is 0.387. The molecule has 6 heteroatoms. The van der Waals surface area contributed by atoms with E-state index in [1.165, 1.54) is 5.69 Å². The van der Waals surface area contributed by atoms with E-state index in [4.69, 9.17) is 9.47 Å². The Labute approximate surface area is 126 Å². The van der Waals surface area contributed by atoms with Gasteiger partial charge in [0.25, 0.3) is 0 Å². The number of piperidine rings is 1. The Hall–Kier alpha value is -0.950. The Bertz CT molecular complexity index is 451. The average Bonchev–Trinajstić information content (AvgIpc) is 2.90. The Morgan fingerprint density at radius 2 is 2.33 bits per heavy atom. The molecule has 118 valence electrons. The summed E-state index contributed by atoms with van der Waals surface area (Å²) in [7, 11) is 3.78. The minimum Gasteiger partial charge on any atom is -0.383 e. The van der Waals surface area contributed by atoms with Crippen LogP contribution in [0.3, 0.4) is 0 Å². The zero-order valence-electron chi connectivity index (χ0n) is 13.1. The highest BCUT2D eigenvalue weighted by atomic mass is 16.5. The highest BCUT2D eigenvalue weighted by Gasteiger charge is 2.36. The summed E-state index contributed by atoms with van der Waals surface area (Å²) in [6, 6.07) is 2.60. The van der Waals surface area contributed by atoms with E-state index in [0.717, 1.165) is 52.4 Å². The van der Waals surface area contributed by atoms with E-state index < -0.39 is 0 Å². The van der Waals surface area contributed by atoms with Crippen LogP contribution in [0.4, 0.5) is 0 Å². The van der Waals surface area contributed by atoms with Gasteiger partial charge in [0.1, 0.15) is 0 Å². The molecule has 2 saturated heterocycles. The number of aryl methyl sites for hydroxylation is 1. The number of rotatable bonds is 5. The van der Waals surface area contributed by atoms with Crippen molar-refractivity contribution in [2.24, 2.45) is 7.05 Å². The molecule has 0 aromatic carbocycles. The number of morpholine rings is 1. The van der Waals surface area contributed by atoms with Crippen molar-refractivity contribution >= 4 is 0 Å². The zero-order valence-corrected chi connectivity index (χ0v) is 13.1. The maximum absolute atomic E-state index is 5.97. The molecule has 2 atom stereocenters. The second-order valence-corrected chi connectivity index (χ2v) is 5.98. The molecule has 0 N–H and O–H groups in total. The summed E-state index contributed by atoms with van der Waals surface area (Å²) in [6.45, 7) is 6.81. The smallest absolute Gasteiger partial charge is 0.0755 e. The summed E-state index contributed by atoms with van der Waals surface area (Å²) >= 11 is 0. The summed E-state index contributed by atoms with van der Waals surface area (Å²) in [5, 5.41) is 4.26. The van der Waals surface area contributed by atoms with Crippen LogP contribution in [0.5, 0.6) is 0 Å². The van der Waals surface area contributed by atoms with Gasteiger partial charge in [0, 0.05) is 59.1 Å². The van der Waals surface area contributed by atoms with Crippen molar-refractivity contribution in [1.82, 2.24) is 19.6 Å². The standard InChI is InChI=1S/C15H26N4O2/c1-17-13(3-5-16-17)11-18-6-4-15-14(12-18)19(7-9-20-2)8-10-21-15/h3,5,14-15H,4,6-12H2,1-2H3/t14-,15-/m0/s1. The van der Waals surface area contributed by atoms with E-state index in [-0.39, 0.29) is 0 Å². The molecule has 0 radical (unpaired) electrons. The molecule has 1 aromatic heterocycles. The molecule has 2 fully saturated rings. The first-order valence-corrected chi connectivity index (χ1v) is 7.82. The van der Waals surface area contributed by atoms with Crippen molar-refractivity contribution in [3.8, 4) is 0 Å². The van der Waals surface area contributed by atoms with Crippen molar-refractivity contribution < 1.29 is 9.47 Å². The molecule has 0 unspecified atom stereocenters. The van der Waals surface area contributed by atoms with Gasteiger partial charge in [-0.25, -0.2) is 0 Å². The normalized spacial score (nSPS) is 27.7. The summed E-state index contributed by atoms with van der Waals surface area (Å²) in [5.41, 5.74) is 1.27. The van der Waals surface area contributed by atoms with Crippen molar-refractivity contribution in [2.45, 2.75) is 25.1 Å². The number of ether oxygens (including phenoxy) is 2. The maximum Gasteiger partial charge on any atom is 0.0755 e. The lowest BCUT2D eigenvalue weighted by Crippen LogP contribution is -2.60. The van der Waals surface area contributed by atoms with Crippen LogP contribution in [-0.4, -0.2) is 78.2 Å². The largest absolute Gasteiger partial charge is 0.383 e. The Balaban J connectivity index is 1.61. The van der Waals surface area contributed by atoms with Crippen LogP contribution in [0, 0.1) is 0 Å². The first-order valence-electron chi connectivity index (χ1n) is 7.82. The van der Waals surface area contributed by atoms with Crippen molar-refractivity contribution in [3.05, 3.63) is 18.0 Å². The van der Waals surface area contributed by atoms with Gasteiger partial charge in [0.05, 0.1) is 25.0 Å². The van der Waals surface area contributed by atoms with Crippen molar-refractivity contribution in [1.29, 1.82) is 0 Å². The molecular formula is C15H26N4O2. The maximum atomic E-state index is 5.97. The first-order chi connectivity index (χ1) is 10.3. The second-order valence-electron chi connectivity index (χ2n) is 5.98. The molecule has 1 aromatic rings. The number of nitrogens with zero attached hydrogens (tertiary/aromatic N) is 4. The van der Waals surface area contributed by atoms with Crippen molar-refractivity contribution in [2.75, 3.05) is 46.5 Å². The molecule has 0 amide bonds. The third-order valence-electron chi connectivity index (χ3n) is 4.67. The van der Waals surface area contributed by atoms with Crippen LogP contribution in [0.15, 0.2) is 12.3 Å². The molecule has 2 aliphatic rings. The predicted octanol–water partition coefficient (Wildman–Crippen LogP) is 0.342. The monoisotopic (exact) mass is 294 g/mol. The molecule has 2 aliphatic heterocycles. The summed E-state index contributed by atoms with van der Waals surface area (Å²) < 4.78 is 13.2. The van der Waals surface area contributed by atoms with Gasteiger partial charge in [-0.3, -0.25) is 14.5 Å². The van der Waals surface area contributed by atoms with Gasteiger partial charge in [-0.1, -0.05) is 0 Å². The number of likely N-dealkylation sites (tertiary alicyclic amines) is 1. The Kier molecular flexibility index (Phi) is 4.90. The van der Waals surface area contributed by atoms with E-state index in [0.29, 0.717) is 12.1 Å². The van der Waals surface area contributed by atoms with Crippen LogP contribution in [0.2, 0.25) is 0 Å². The second kappa shape index (κ2) is 6.87. The van der Waals surface area contributed by atoms with Gasteiger partial charge in [0.2, 0.25) is 0 Å². The third-order valence-corrected chi connectivity index (χ3v) is 4.67. The molecule has 0 aliphatic carbocycles. The Morgan fingerprint density at radius 1 is 1.43 bits per heavy atom. The molecule has 0 saturated carbocycles. The van der Waals surface area contributed by atoms with Gasteiger partial charge >= 0.3 is 0 Å². The van der Waals surface area contributed by atoms with E-state index in [9.17, 15) is 0 Å². The lowest BCUT2D eigenvalue weighted by atomic mass is 9.98. The average molecular weight is 294 g/mol. The fraction of sp³-hybridized carbons (Fsp3) is 0.800. The lowest BCUT2D eigenvalue weighted by molar-refractivity contribution is -0.108. The van der Waals surface area contributed by atoms with Gasteiger partial charge < -0.3 is 9.47 Å².